The molecule has 0 bridgehead atoms. The van der Waals surface area contributed by atoms with E-state index in [4.69, 9.17) is 5.73 Å². The quantitative estimate of drug-likeness (QED) is 0.825. The summed E-state index contributed by atoms with van der Waals surface area (Å²) in [6.45, 7) is 0.0883. The molecule has 0 atom stereocenters. The predicted octanol–water partition coefficient (Wildman–Crippen LogP) is 2.65. The van der Waals surface area contributed by atoms with E-state index >= 15 is 0 Å². The molecule has 2 aromatic carbocycles. The third-order valence-corrected chi connectivity index (χ3v) is 4.66. The summed E-state index contributed by atoms with van der Waals surface area (Å²) in [6.07, 6.45) is 0. The Morgan fingerprint density at radius 3 is 2.60 bits per heavy atom. The largest absolute Gasteiger partial charge is 0.399 e. The first-order valence-corrected chi connectivity index (χ1v) is 7.95. The van der Waals surface area contributed by atoms with E-state index in [1.54, 1.807) is 24.3 Å². The molecular weight excluding hydrogens is 347 g/mol. The predicted molar refractivity (Wildman–Crippen MR) is 79.0 cm³/mol. The molecule has 0 aromatic heterocycles. The third-order valence-electron chi connectivity index (χ3n) is 2.62. The number of anilines is 1. The summed E-state index contributed by atoms with van der Waals surface area (Å²) in [4.78, 5) is -0.123. The number of halogens is 2. The van der Waals surface area contributed by atoms with Gasteiger partial charge in [-0.05, 0) is 51.8 Å². The summed E-state index contributed by atoms with van der Waals surface area (Å²) in [5.41, 5.74) is 6.89. The van der Waals surface area contributed by atoms with E-state index in [1.165, 1.54) is 12.1 Å². The number of nitrogens with two attached hydrogens (primary N) is 1. The molecule has 106 valence electrons. The van der Waals surface area contributed by atoms with Crippen molar-refractivity contribution in [2.24, 2.45) is 0 Å². The first-order valence-electron chi connectivity index (χ1n) is 5.67. The van der Waals surface area contributed by atoms with Crippen LogP contribution in [-0.2, 0) is 16.6 Å². The summed E-state index contributed by atoms with van der Waals surface area (Å²) in [7, 11) is -3.76. The van der Waals surface area contributed by atoms with Gasteiger partial charge >= 0.3 is 0 Å². The Labute approximate surface area is 125 Å². The van der Waals surface area contributed by atoms with E-state index in [-0.39, 0.29) is 15.9 Å². The van der Waals surface area contributed by atoms with Crippen molar-refractivity contribution in [1.29, 1.82) is 0 Å². The topological polar surface area (TPSA) is 72.2 Å². The van der Waals surface area contributed by atoms with Crippen LogP contribution in [0.3, 0.4) is 0 Å². The van der Waals surface area contributed by atoms with Crippen LogP contribution in [0.5, 0.6) is 0 Å². The fourth-order valence-corrected chi connectivity index (χ4v) is 2.88. The van der Waals surface area contributed by atoms with Crippen LogP contribution in [0, 0.1) is 5.82 Å². The lowest BCUT2D eigenvalue weighted by Gasteiger charge is -2.08. The molecule has 2 rings (SSSR count). The molecule has 0 unspecified atom stereocenters. The highest BCUT2D eigenvalue weighted by atomic mass is 79.9. The second kappa shape index (κ2) is 5.90. The fraction of sp³-hybridized carbons (Fsp3) is 0.0769. The van der Waals surface area contributed by atoms with Crippen LogP contribution in [0.1, 0.15) is 5.56 Å². The monoisotopic (exact) mass is 358 g/mol. The Morgan fingerprint density at radius 1 is 1.20 bits per heavy atom. The van der Waals surface area contributed by atoms with Crippen LogP contribution >= 0.6 is 15.9 Å². The molecule has 0 heterocycles. The van der Waals surface area contributed by atoms with Crippen LogP contribution in [0.15, 0.2) is 51.8 Å². The van der Waals surface area contributed by atoms with Crippen LogP contribution < -0.4 is 10.5 Å². The van der Waals surface area contributed by atoms with Gasteiger partial charge in [-0.15, -0.1) is 0 Å². The molecule has 0 radical (unpaired) electrons. The lowest BCUT2D eigenvalue weighted by atomic mass is 10.2. The molecule has 0 spiro atoms. The van der Waals surface area contributed by atoms with Crippen molar-refractivity contribution in [1.82, 2.24) is 4.72 Å². The van der Waals surface area contributed by atoms with Crippen LogP contribution in [0.4, 0.5) is 10.1 Å². The molecule has 0 fully saturated rings. The highest BCUT2D eigenvalue weighted by Gasteiger charge is 2.15. The van der Waals surface area contributed by atoms with Crippen LogP contribution in [0.2, 0.25) is 0 Å². The molecule has 20 heavy (non-hydrogen) atoms. The molecule has 0 aliphatic carbocycles. The normalized spacial score (nSPS) is 11.5. The Morgan fingerprint density at radius 2 is 1.95 bits per heavy atom. The van der Waals surface area contributed by atoms with Crippen molar-refractivity contribution in [2.45, 2.75) is 11.4 Å². The van der Waals surface area contributed by atoms with Crippen molar-refractivity contribution in [2.75, 3.05) is 5.73 Å². The second-order valence-electron chi connectivity index (χ2n) is 4.15. The molecule has 3 N–H and O–H groups in total. The first-order chi connectivity index (χ1) is 9.38. The first kappa shape index (κ1) is 15.0. The van der Waals surface area contributed by atoms with Crippen LogP contribution in [-0.4, -0.2) is 8.42 Å². The summed E-state index contributed by atoms with van der Waals surface area (Å²) < 4.78 is 40.0. The van der Waals surface area contributed by atoms with Gasteiger partial charge in [0.05, 0.1) is 9.37 Å². The number of sulfonamides is 1. The SMILES string of the molecule is Nc1cccc(CNS(=O)(=O)c2ccc(Br)c(F)c2)c1. The van der Waals surface area contributed by atoms with Gasteiger partial charge in [-0.2, -0.15) is 0 Å². The Balaban J connectivity index is 2.17. The number of benzene rings is 2. The van der Waals surface area contributed by atoms with Gasteiger partial charge in [0.2, 0.25) is 10.0 Å². The zero-order chi connectivity index (χ0) is 14.8. The smallest absolute Gasteiger partial charge is 0.240 e. The molecule has 7 heteroatoms. The summed E-state index contributed by atoms with van der Waals surface area (Å²) >= 11 is 2.98. The number of nitrogen functional groups attached to an aromatic ring is 1. The molecular formula is C13H12BrFN2O2S. The molecule has 0 aliphatic rings. The molecule has 0 saturated carbocycles. The highest BCUT2D eigenvalue weighted by Crippen LogP contribution is 2.19. The number of nitrogens with one attached hydrogen (secondary N) is 1. The van der Waals surface area contributed by atoms with Gasteiger partial charge in [0.15, 0.2) is 0 Å². The van der Waals surface area contributed by atoms with Crippen molar-refractivity contribution >= 4 is 31.6 Å². The van der Waals surface area contributed by atoms with E-state index in [0.717, 1.165) is 11.6 Å². The molecule has 0 saturated heterocycles. The van der Waals surface area contributed by atoms with Gasteiger partial charge in [-0.1, -0.05) is 12.1 Å². The minimum absolute atomic E-state index is 0.0883. The number of hydrogen-bond acceptors (Lipinski definition) is 3. The number of hydrogen-bond donors (Lipinski definition) is 2. The Hall–Kier alpha value is -1.44. The van der Waals surface area contributed by atoms with Crippen molar-refractivity contribution in [3.05, 3.63) is 58.3 Å². The zero-order valence-corrected chi connectivity index (χ0v) is 12.7. The lowest BCUT2D eigenvalue weighted by molar-refractivity contribution is 0.576. The van der Waals surface area contributed by atoms with E-state index in [9.17, 15) is 12.8 Å². The fourth-order valence-electron chi connectivity index (χ4n) is 1.61. The standard InChI is InChI=1S/C13H12BrFN2O2S/c14-12-5-4-11(7-13(12)15)20(18,19)17-8-9-2-1-3-10(16)6-9/h1-7,17H,8,16H2. The average molecular weight is 359 g/mol. The van der Waals surface area contributed by atoms with E-state index < -0.39 is 15.8 Å². The highest BCUT2D eigenvalue weighted by molar-refractivity contribution is 9.10. The van der Waals surface area contributed by atoms with Gasteiger partial charge < -0.3 is 5.73 Å². The van der Waals surface area contributed by atoms with Crippen LogP contribution in [0.25, 0.3) is 0 Å². The maximum Gasteiger partial charge on any atom is 0.240 e. The van der Waals surface area contributed by atoms with Crippen molar-refractivity contribution < 1.29 is 12.8 Å². The van der Waals surface area contributed by atoms with E-state index in [0.29, 0.717) is 5.69 Å². The van der Waals surface area contributed by atoms with Gasteiger partial charge in [0.1, 0.15) is 5.82 Å². The second-order valence-corrected chi connectivity index (χ2v) is 6.77. The zero-order valence-electron chi connectivity index (χ0n) is 10.3. The molecule has 4 nitrogen and oxygen atoms in total. The minimum Gasteiger partial charge on any atom is -0.399 e. The van der Waals surface area contributed by atoms with Gasteiger partial charge in [-0.3, -0.25) is 0 Å². The third kappa shape index (κ3) is 3.56. The number of rotatable bonds is 4. The van der Waals surface area contributed by atoms with Gasteiger partial charge in [0.25, 0.3) is 0 Å². The summed E-state index contributed by atoms with van der Waals surface area (Å²) in [5, 5.41) is 0. The van der Waals surface area contributed by atoms with Crippen molar-refractivity contribution in [3.8, 4) is 0 Å². The maximum atomic E-state index is 13.4. The maximum absolute atomic E-state index is 13.4. The van der Waals surface area contributed by atoms with Crippen molar-refractivity contribution in [3.63, 3.8) is 0 Å². The lowest BCUT2D eigenvalue weighted by Crippen LogP contribution is -2.23. The van der Waals surface area contributed by atoms with E-state index in [1.807, 2.05) is 0 Å². The minimum atomic E-state index is -3.76. The molecule has 0 amide bonds. The van der Waals surface area contributed by atoms with E-state index in [2.05, 4.69) is 20.7 Å². The molecule has 2 aromatic rings. The summed E-state index contributed by atoms with van der Waals surface area (Å²) in [5.74, 6) is -0.628. The van der Waals surface area contributed by atoms with Gasteiger partial charge in [0, 0.05) is 12.2 Å². The molecule has 0 aliphatic heterocycles. The average Bonchev–Trinajstić information content (AvgIpc) is 2.40. The Kier molecular flexibility index (Phi) is 4.42. The van der Waals surface area contributed by atoms with Gasteiger partial charge in [-0.25, -0.2) is 17.5 Å². The Bertz CT molecular complexity index is 735. The summed E-state index contributed by atoms with van der Waals surface area (Å²) in [6, 6.07) is 10.5.